The van der Waals surface area contributed by atoms with Crippen LogP contribution >= 0.6 is 11.3 Å². The van der Waals surface area contributed by atoms with Crippen molar-refractivity contribution >= 4 is 17.4 Å². The van der Waals surface area contributed by atoms with Crippen LogP contribution in [-0.2, 0) is 6.42 Å². The topological polar surface area (TPSA) is 60.5 Å². The molecule has 0 unspecified atom stereocenters. The maximum Gasteiger partial charge on any atom is 0.314 e. The van der Waals surface area contributed by atoms with Gasteiger partial charge in [0, 0.05) is 57.1 Å². The third-order valence-corrected chi connectivity index (χ3v) is 5.19. The highest BCUT2D eigenvalue weighted by Gasteiger charge is 2.20. The Morgan fingerprint density at radius 3 is 2.70 bits per heavy atom. The molecule has 6 nitrogen and oxygen atoms in total. The molecule has 1 aromatic rings. The molecule has 2 N–H and O–H groups in total. The summed E-state index contributed by atoms with van der Waals surface area (Å²) in [6.45, 7) is 13.2. The second kappa shape index (κ2) is 9.20. The van der Waals surface area contributed by atoms with Gasteiger partial charge in [-0.2, -0.15) is 0 Å². The molecule has 0 aromatic carbocycles. The van der Waals surface area contributed by atoms with E-state index in [1.165, 1.54) is 0 Å². The number of nitrogens with one attached hydrogen (secondary N) is 2. The number of rotatable bonds is 7. The second-order valence-corrected chi connectivity index (χ2v) is 7.13. The van der Waals surface area contributed by atoms with Crippen molar-refractivity contribution in [2.75, 3.05) is 45.8 Å². The van der Waals surface area contributed by atoms with E-state index in [1.807, 2.05) is 12.3 Å². The van der Waals surface area contributed by atoms with Gasteiger partial charge >= 0.3 is 6.03 Å². The van der Waals surface area contributed by atoms with Crippen molar-refractivity contribution in [2.45, 2.75) is 33.2 Å². The zero-order valence-corrected chi connectivity index (χ0v) is 15.3. The molecule has 1 saturated heterocycles. The van der Waals surface area contributed by atoms with Crippen molar-refractivity contribution in [3.63, 3.8) is 0 Å². The molecular weight excluding hydrogens is 310 g/mol. The fourth-order valence-electron chi connectivity index (χ4n) is 2.78. The molecule has 7 heteroatoms. The molecule has 0 aliphatic carbocycles. The van der Waals surface area contributed by atoms with Gasteiger partial charge in [-0.3, -0.25) is 4.90 Å². The molecule has 2 rings (SSSR count). The summed E-state index contributed by atoms with van der Waals surface area (Å²) in [5.74, 6) is 0. The smallest absolute Gasteiger partial charge is 0.314 e. The summed E-state index contributed by atoms with van der Waals surface area (Å²) >= 11 is 1.65. The molecule has 0 saturated carbocycles. The van der Waals surface area contributed by atoms with E-state index in [0.717, 1.165) is 49.8 Å². The molecule has 1 aliphatic heterocycles. The highest BCUT2D eigenvalue weighted by atomic mass is 32.1. The van der Waals surface area contributed by atoms with Crippen LogP contribution in [-0.4, -0.2) is 72.7 Å². The number of thiazole rings is 1. The van der Waals surface area contributed by atoms with Crippen LogP contribution < -0.4 is 10.6 Å². The predicted octanol–water partition coefficient (Wildman–Crippen LogP) is 1.32. The van der Waals surface area contributed by atoms with Crippen molar-refractivity contribution in [1.82, 2.24) is 25.4 Å². The number of likely N-dealkylation sites (N-methyl/N-ethyl adjacent to an activating group) is 1. The Kier molecular flexibility index (Phi) is 7.26. The second-order valence-electron chi connectivity index (χ2n) is 6.06. The Hall–Kier alpha value is -1.18. The average Bonchev–Trinajstić information content (AvgIpc) is 2.98. The largest absolute Gasteiger partial charge is 0.338 e. The average molecular weight is 340 g/mol. The molecule has 1 fully saturated rings. The first-order chi connectivity index (χ1) is 11.1. The van der Waals surface area contributed by atoms with Crippen LogP contribution in [0, 0.1) is 6.92 Å². The lowest BCUT2D eigenvalue weighted by atomic mass is 10.2. The Morgan fingerprint density at radius 2 is 2.09 bits per heavy atom. The summed E-state index contributed by atoms with van der Waals surface area (Å²) in [7, 11) is 0. The Labute approximate surface area is 143 Å². The lowest BCUT2D eigenvalue weighted by molar-refractivity contribution is 0.106. The van der Waals surface area contributed by atoms with Crippen LogP contribution in [0.1, 0.15) is 24.5 Å². The highest BCUT2D eigenvalue weighted by molar-refractivity contribution is 7.09. The molecular formula is C16H29N5OS. The van der Waals surface area contributed by atoms with Gasteiger partial charge in [-0.15, -0.1) is 11.3 Å². The predicted molar refractivity (Wildman–Crippen MR) is 95.1 cm³/mol. The highest BCUT2D eigenvalue weighted by Crippen LogP contribution is 2.08. The van der Waals surface area contributed by atoms with Gasteiger partial charge in [0.05, 0.1) is 10.7 Å². The zero-order valence-electron chi connectivity index (χ0n) is 14.5. The van der Waals surface area contributed by atoms with E-state index in [4.69, 9.17) is 0 Å². The summed E-state index contributed by atoms with van der Waals surface area (Å²) in [4.78, 5) is 21.2. The summed E-state index contributed by atoms with van der Waals surface area (Å²) in [6.07, 6.45) is 0.784. The van der Waals surface area contributed by atoms with Gasteiger partial charge in [0.1, 0.15) is 0 Å². The van der Waals surface area contributed by atoms with Crippen molar-refractivity contribution in [3.8, 4) is 0 Å². The van der Waals surface area contributed by atoms with E-state index < -0.39 is 0 Å². The van der Waals surface area contributed by atoms with Crippen LogP contribution in [0.15, 0.2) is 5.38 Å². The fraction of sp³-hybridized carbons (Fsp3) is 0.750. The molecule has 0 bridgehead atoms. The quantitative estimate of drug-likeness (QED) is 0.787. The third-order valence-electron chi connectivity index (χ3n) is 4.37. The van der Waals surface area contributed by atoms with Crippen molar-refractivity contribution in [2.24, 2.45) is 0 Å². The van der Waals surface area contributed by atoms with Gasteiger partial charge in [0.2, 0.25) is 0 Å². The summed E-state index contributed by atoms with van der Waals surface area (Å²) < 4.78 is 0. The van der Waals surface area contributed by atoms with E-state index in [2.05, 4.69) is 39.3 Å². The Morgan fingerprint density at radius 1 is 1.35 bits per heavy atom. The van der Waals surface area contributed by atoms with Gasteiger partial charge in [-0.05, 0) is 20.4 Å². The first-order valence-electron chi connectivity index (χ1n) is 8.47. The summed E-state index contributed by atoms with van der Waals surface area (Å²) in [5, 5.41) is 9.00. The minimum Gasteiger partial charge on any atom is -0.338 e. The van der Waals surface area contributed by atoms with Gasteiger partial charge < -0.3 is 15.5 Å². The first-order valence-corrected chi connectivity index (χ1v) is 9.35. The van der Waals surface area contributed by atoms with E-state index in [9.17, 15) is 4.79 Å². The van der Waals surface area contributed by atoms with Crippen LogP contribution in [0.3, 0.4) is 0 Å². The number of carbonyl (C=O) groups is 1. The number of carbonyl (C=O) groups excluding carboxylic acids is 1. The van der Waals surface area contributed by atoms with Crippen molar-refractivity contribution < 1.29 is 4.79 Å². The van der Waals surface area contributed by atoms with Crippen molar-refractivity contribution in [1.29, 1.82) is 0 Å². The molecule has 2 amide bonds. The van der Waals surface area contributed by atoms with Gasteiger partial charge in [-0.25, -0.2) is 9.78 Å². The van der Waals surface area contributed by atoms with Crippen LogP contribution in [0.25, 0.3) is 0 Å². The zero-order chi connectivity index (χ0) is 16.7. The number of hydrogen-bond donors (Lipinski definition) is 2. The molecule has 1 aromatic heterocycles. The van der Waals surface area contributed by atoms with Gasteiger partial charge in [-0.1, -0.05) is 6.92 Å². The van der Waals surface area contributed by atoms with Crippen molar-refractivity contribution in [3.05, 3.63) is 16.1 Å². The van der Waals surface area contributed by atoms with E-state index in [-0.39, 0.29) is 6.03 Å². The maximum absolute atomic E-state index is 11.9. The number of aryl methyl sites for hydroxylation is 1. The lowest BCUT2D eigenvalue weighted by Crippen LogP contribution is -2.52. The normalized spacial score (nSPS) is 17.9. The SMILES string of the molecule is CCN1CCN([C@H](C)CNC(=O)NCCc2csc(C)n2)CC1. The molecule has 23 heavy (non-hydrogen) atoms. The van der Waals surface area contributed by atoms with Crippen LogP contribution in [0.5, 0.6) is 0 Å². The van der Waals surface area contributed by atoms with E-state index in [1.54, 1.807) is 11.3 Å². The lowest BCUT2D eigenvalue weighted by Gasteiger charge is -2.37. The summed E-state index contributed by atoms with van der Waals surface area (Å²) in [5.41, 5.74) is 1.05. The standard InChI is InChI=1S/C16H29N5OS/c1-4-20-7-9-21(10-8-20)13(2)11-18-16(22)17-6-5-15-12-23-14(3)19-15/h12-13H,4-11H2,1-3H3,(H2,17,18,22)/t13-/m1/s1. The van der Waals surface area contributed by atoms with E-state index >= 15 is 0 Å². The third kappa shape index (κ3) is 6.08. The number of amides is 2. The van der Waals surface area contributed by atoms with Gasteiger partial charge in [0.15, 0.2) is 0 Å². The minimum absolute atomic E-state index is 0.0870. The Balaban J connectivity index is 1.58. The van der Waals surface area contributed by atoms with Crippen LogP contribution in [0.2, 0.25) is 0 Å². The monoisotopic (exact) mass is 339 g/mol. The molecule has 1 aliphatic rings. The number of urea groups is 1. The Bertz CT molecular complexity index is 485. The maximum atomic E-state index is 11.9. The molecule has 0 spiro atoms. The summed E-state index contributed by atoms with van der Waals surface area (Å²) in [6, 6.07) is 0.289. The number of hydrogen-bond acceptors (Lipinski definition) is 5. The van der Waals surface area contributed by atoms with E-state index in [0.29, 0.717) is 19.1 Å². The number of nitrogens with zero attached hydrogens (tertiary/aromatic N) is 3. The molecule has 0 radical (unpaired) electrons. The minimum atomic E-state index is -0.0870. The van der Waals surface area contributed by atoms with Gasteiger partial charge in [0.25, 0.3) is 0 Å². The molecule has 130 valence electrons. The van der Waals surface area contributed by atoms with Crippen LogP contribution in [0.4, 0.5) is 4.79 Å². The first kappa shape index (κ1) is 18.2. The fourth-order valence-corrected chi connectivity index (χ4v) is 3.43. The number of piperazine rings is 1. The number of aromatic nitrogens is 1. The molecule has 1 atom stereocenters. The molecule has 2 heterocycles.